The number of hydrogen-bond acceptors (Lipinski definition) is 3. The molecular weight excluding hydrogens is 302 g/mol. The molecule has 4 nitrogen and oxygen atoms in total. The molecule has 0 fully saturated rings. The van der Waals surface area contributed by atoms with Crippen LogP contribution < -0.4 is 11.3 Å². The summed E-state index contributed by atoms with van der Waals surface area (Å²) in [6.45, 7) is 3.90. The predicted molar refractivity (Wildman–Crippen MR) is 78.2 cm³/mol. The molecule has 1 atom stereocenters. The zero-order valence-electron chi connectivity index (χ0n) is 11.1. The van der Waals surface area contributed by atoms with Crippen LogP contribution in [0, 0.1) is 5.82 Å². The summed E-state index contributed by atoms with van der Waals surface area (Å²) in [5.74, 6) is 5.15. The summed E-state index contributed by atoms with van der Waals surface area (Å²) in [7, 11) is 0. The van der Waals surface area contributed by atoms with Gasteiger partial charge in [0.05, 0.1) is 23.0 Å². The van der Waals surface area contributed by atoms with Crippen molar-refractivity contribution in [2.24, 2.45) is 5.84 Å². The van der Waals surface area contributed by atoms with Gasteiger partial charge < -0.3 is 0 Å². The maximum absolute atomic E-state index is 14.1. The van der Waals surface area contributed by atoms with E-state index in [1.807, 2.05) is 13.8 Å². The summed E-state index contributed by atoms with van der Waals surface area (Å²) in [6.07, 6.45) is 1.51. The van der Waals surface area contributed by atoms with Gasteiger partial charge in [0.2, 0.25) is 0 Å². The molecule has 0 amide bonds. The van der Waals surface area contributed by atoms with Crippen molar-refractivity contribution >= 4 is 23.2 Å². The normalized spacial score (nSPS) is 12.9. The Hall–Kier alpha value is -1.14. The fraction of sp³-hybridized carbons (Fsp3) is 0.308. The summed E-state index contributed by atoms with van der Waals surface area (Å²) >= 11 is 12.3. The van der Waals surface area contributed by atoms with Crippen molar-refractivity contribution in [3.05, 3.63) is 51.5 Å². The van der Waals surface area contributed by atoms with Crippen LogP contribution in [0.4, 0.5) is 4.39 Å². The molecule has 20 heavy (non-hydrogen) atoms. The Morgan fingerprint density at radius 3 is 2.55 bits per heavy atom. The van der Waals surface area contributed by atoms with E-state index < -0.39 is 11.9 Å². The zero-order chi connectivity index (χ0) is 14.9. The largest absolute Gasteiger partial charge is 0.271 e. The number of rotatable bonds is 4. The predicted octanol–water partition coefficient (Wildman–Crippen LogP) is 3.46. The summed E-state index contributed by atoms with van der Waals surface area (Å²) in [5.41, 5.74) is 3.40. The Morgan fingerprint density at radius 1 is 1.30 bits per heavy atom. The molecule has 0 aliphatic rings. The van der Waals surface area contributed by atoms with Crippen LogP contribution >= 0.6 is 23.2 Å². The van der Waals surface area contributed by atoms with Crippen LogP contribution in [0.5, 0.6) is 0 Å². The first-order valence-corrected chi connectivity index (χ1v) is 6.85. The quantitative estimate of drug-likeness (QED) is 0.671. The number of nitrogens with one attached hydrogen (secondary N) is 1. The van der Waals surface area contributed by atoms with Crippen molar-refractivity contribution < 1.29 is 4.39 Å². The van der Waals surface area contributed by atoms with Crippen LogP contribution in [0.25, 0.3) is 0 Å². The van der Waals surface area contributed by atoms with Gasteiger partial charge in [-0.3, -0.25) is 10.5 Å². The highest BCUT2D eigenvalue weighted by atomic mass is 35.5. The van der Waals surface area contributed by atoms with Crippen LogP contribution in [-0.2, 0) is 0 Å². The first-order valence-electron chi connectivity index (χ1n) is 6.10. The minimum atomic E-state index is -0.680. The third-order valence-corrected chi connectivity index (χ3v) is 3.63. The molecule has 0 spiro atoms. The number of hydrogen-bond donors (Lipinski definition) is 2. The van der Waals surface area contributed by atoms with Crippen LogP contribution in [0.2, 0.25) is 10.0 Å². The number of halogens is 3. The van der Waals surface area contributed by atoms with E-state index >= 15 is 0 Å². The van der Waals surface area contributed by atoms with Crippen molar-refractivity contribution in [1.82, 2.24) is 15.2 Å². The fourth-order valence-electron chi connectivity index (χ4n) is 2.12. The van der Waals surface area contributed by atoms with Gasteiger partial charge in [0, 0.05) is 16.6 Å². The van der Waals surface area contributed by atoms with Gasteiger partial charge in [0.15, 0.2) is 0 Å². The molecule has 2 rings (SSSR count). The minimum Gasteiger partial charge on any atom is -0.271 e. The van der Waals surface area contributed by atoms with Gasteiger partial charge in [-0.15, -0.1) is 0 Å². The van der Waals surface area contributed by atoms with E-state index in [2.05, 4.69) is 10.5 Å². The minimum absolute atomic E-state index is 0.0545. The standard InChI is InChI=1S/C13H15Cl2FN4/c1-7(2)20-13(9(15)6-18-20)12(19-17)11-8(14)4-3-5-10(11)16/h3-7,12,19H,17H2,1-2H3. The molecule has 1 heterocycles. The Bertz CT molecular complexity index is 592. The summed E-state index contributed by atoms with van der Waals surface area (Å²) < 4.78 is 15.8. The Kier molecular flexibility index (Phi) is 4.65. The first-order chi connectivity index (χ1) is 9.47. The van der Waals surface area contributed by atoms with E-state index in [9.17, 15) is 4.39 Å². The zero-order valence-corrected chi connectivity index (χ0v) is 12.6. The fourth-order valence-corrected chi connectivity index (χ4v) is 2.63. The Balaban J connectivity index is 2.62. The number of nitrogens with two attached hydrogens (primary N) is 1. The lowest BCUT2D eigenvalue weighted by molar-refractivity contribution is 0.467. The van der Waals surface area contributed by atoms with Gasteiger partial charge in [0.1, 0.15) is 5.82 Å². The highest BCUT2D eigenvalue weighted by Gasteiger charge is 2.26. The molecule has 108 valence electrons. The molecule has 0 saturated heterocycles. The number of benzene rings is 1. The smallest absolute Gasteiger partial charge is 0.129 e. The van der Waals surface area contributed by atoms with Crippen LogP contribution in [0.1, 0.15) is 37.2 Å². The molecule has 0 bridgehead atoms. The van der Waals surface area contributed by atoms with Crippen molar-refractivity contribution in [2.75, 3.05) is 0 Å². The third kappa shape index (κ3) is 2.67. The molecule has 0 aliphatic heterocycles. The van der Waals surface area contributed by atoms with Gasteiger partial charge in [-0.25, -0.2) is 9.82 Å². The van der Waals surface area contributed by atoms with E-state index in [0.717, 1.165) is 0 Å². The molecular formula is C13H15Cl2FN4. The average molecular weight is 317 g/mol. The summed E-state index contributed by atoms with van der Waals surface area (Å²) in [6, 6.07) is 3.85. The van der Waals surface area contributed by atoms with E-state index in [1.54, 1.807) is 10.7 Å². The van der Waals surface area contributed by atoms with Crippen molar-refractivity contribution in [3.63, 3.8) is 0 Å². The van der Waals surface area contributed by atoms with Gasteiger partial charge >= 0.3 is 0 Å². The maximum Gasteiger partial charge on any atom is 0.129 e. The second-order valence-electron chi connectivity index (χ2n) is 4.65. The SMILES string of the molecule is CC(C)n1ncc(Cl)c1C(NN)c1c(F)cccc1Cl. The molecule has 1 aromatic heterocycles. The lowest BCUT2D eigenvalue weighted by Crippen LogP contribution is -2.32. The lowest BCUT2D eigenvalue weighted by Gasteiger charge is -2.22. The van der Waals surface area contributed by atoms with Gasteiger partial charge in [-0.1, -0.05) is 29.3 Å². The number of nitrogens with zero attached hydrogens (tertiary/aromatic N) is 2. The van der Waals surface area contributed by atoms with E-state index in [1.165, 1.54) is 18.3 Å². The number of hydrazine groups is 1. The van der Waals surface area contributed by atoms with Crippen molar-refractivity contribution in [2.45, 2.75) is 25.9 Å². The summed E-state index contributed by atoms with van der Waals surface area (Å²) in [4.78, 5) is 0. The molecule has 2 aromatic rings. The van der Waals surface area contributed by atoms with E-state index in [0.29, 0.717) is 10.7 Å². The van der Waals surface area contributed by atoms with Crippen LogP contribution in [0.15, 0.2) is 24.4 Å². The van der Waals surface area contributed by atoms with E-state index in [4.69, 9.17) is 29.0 Å². The molecule has 7 heteroatoms. The first kappa shape index (κ1) is 15.3. The topological polar surface area (TPSA) is 55.9 Å². The van der Waals surface area contributed by atoms with Crippen LogP contribution in [0.3, 0.4) is 0 Å². The van der Waals surface area contributed by atoms with Crippen molar-refractivity contribution in [3.8, 4) is 0 Å². The monoisotopic (exact) mass is 316 g/mol. The molecule has 3 N–H and O–H groups in total. The second-order valence-corrected chi connectivity index (χ2v) is 5.47. The molecule has 1 aromatic carbocycles. The molecule has 0 aliphatic carbocycles. The van der Waals surface area contributed by atoms with Gasteiger partial charge in [-0.2, -0.15) is 5.10 Å². The van der Waals surface area contributed by atoms with Crippen molar-refractivity contribution in [1.29, 1.82) is 0 Å². The second kappa shape index (κ2) is 6.10. The van der Waals surface area contributed by atoms with Gasteiger partial charge in [-0.05, 0) is 26.0 Å². The number of aromatic nitrogens is 2. The highest BCUT2D eigenvalue weighted by molar-refractivity contribution is 6.32. The van der Waals surface area contributed by atoms with E-state index in [-0.39, 0.29) is 16.6 Å². The van der Waals surface area contributed by atoms with Crippen LogP contribution in [-0.4, -0.2) is 9.78 Å². The molecule has 0 saturated carbocycles. The Morgan fingerprint density at radius 2 is 2.00 bits per heavy atom. The third-order valence-electron chi connectivity index (χ3n) is 3.00. The highest BCUT2D eigenvalue weighted by Crippen LogP contribution is 2.34. The molecule has 1 unspecified atom stereocenters. The summed E-state index contributed by atoms with van der Waals surface area (Å²) in [5, 5.41) is 4.87. The Labute approximate surface area is 126 Å². The lowest BCUT2D eigenvalue weighted by atomic mass is 10.0. The maximum atomic E-state index is 14.1. The molecule has 0 radical (unpaired) electrons. The average Bonchev–Trinajstić information content (AvgIpc) is 2.76. The van der Waals surface area contributed by atoms with Gasteiger partial charge in [0.25, 0.3) is 0 Å².